The van der Waals surface area contributed by atoms with E-state index in [1.165, 1.54) is 0 Å². The molecule has 0 aliphatic heterocycles. The van der Waals surface area contributed by atoms with Crippen molar-refractivity contribution in [2.24, 2.45) is 11.7 Å². The number of hydrogen-bond donors (Lipinski definition) is 2. The molecule has 2 atom stereocenters. The lowest BCUT2D eigenvalue weighted by Crippen LogP contribution is -2.42. The Balaban J connectivity index is 0.00000220. The summed E-state index contributed by atoms with van der Waals surface area (Å²) in [6.07, 6.45) is 3.18. The first-order chi connectivity index (χ1) is 9.60. The SMILES string of the molecule is Cl.NCC1CCCC1NC(=O)COc1ccc(Cl)c(Cl)c1. The predicted molar refractivity (Wildman–Crippen MR) is 87.5 cm³/mol. The van der Waals surface area contributed by atoms with E-state index < -0.39 is 0 Å². The summed E-state index contributed by atoms with van der Waals surface area (Å²) in [5.74, 6) is 0.765. The highest BCUT2D eigenvalue weighted by molar-refractivity contribution is 6.42. The molecule has 0 radical (unpaired) electrons. The Hall–Kier alpha value is -0.680. The van der Waals surface area contributed by atoms with E-state index >= 15 is 0 Å². The molecule has 1 fully saturated rings. The number of benzene rings is 1. The standard InChI is InChI=1S/C14H18Cl2N2O2.ClH/c15-11-5-4-10(6-12(11)16)20-8-14(19)18-13-3-1-2-9(13)7-17;/h4-6,9,13H,1-3,7-8,17H2,(H,18,19);1H. The molecule has 3 N–H and O–H groups in total. The van der Waals surface area contributed by atoms with Crippen LogP contribution in [0.15, 0.2) is 18.2 Å². The molecule has 1 aromatic carbocycles. The summed E-state index contributed by atoms with van der Waals surface area (Å²) in [6.45, 7) is 0.574. The highest BCUT2D eigenvalue weighted by Crippen LogP contribution is 2.26. The Morgan fingerprint density at radius 3 is 2.76 bits per heavy atom. The maximum absolute atomic E-state index is 11.8. The number of rotatable bonds is 5. The Bertz CT molecular complexity index is 485. The van der Waals surface area contributed by atoms with Crippen LogP contribution in [-0.4, -0.2) is 25.1 Å². The molecule has 1 aromatic rings. The van der Waals surface area contributed by atoms with E-state index in [0.29, 0.717) is 28.3 Å². The third-order valence-corrected chi connectivity index (χ3v) is 4.31. The van der Waals surface area contributed by atoms with Crippen LogP contribution in [0.2, 0.25) is 10.0 Å². The fourth-order valence-corrected chi connectivity index (χ4v) is 2.76. The smallest absolute Gasteiger partial charge is 0.258 e. The van der Waals surface area contributed by atoms with Crippen LogP contribution in [0.3, 0.4) is 0 Å². The number of nitrogens with two attached hydrogens (primary N) is 1. The highest BCUT2D eigenvalue weighted by atomic mass is 35.5. The Kier molecular flexibility index (Phi) is 7.60. The van der Waals surface area contributed by atoms with Gasteiger partial charge in [0, 0.05) is 12.1 Å². The van der Waals surface area contributed by atoms with Crippen molar-refractivity contribution in [3.63, 3.8) is 0 Å². The molecule has 0 spiro atoms. The molecular weight excluding hydrogens is 335 g/mol. The summed E-state index contributed by atoms with van der Waals surface area (Å²) in [7, 11) is 0. The summed E-state index contributed by atoms with van der Waals surface area (Å²) >= 11 is 11.7. The van der Waals surface area contributed by atoms with Crippen molar-refractivity contribution in [3.05, 3.63) is 28.2 Å². The van der Waals surface area contributed by atoms with Crippen LogP contribution in [0.4, 0.5) is 0 Å². The molecule has 2 rings (SSSR count). The van der Waals surface area contributed by atoms with Crippen molar-refractivity contribution in [1.29, 1.82) is 0 Å². The number of halogens is 3. The third kappa shape index (κ3) is 5.22. The summed E-state index contributed by atoms with van der Waals surface area (Å²) < 4.78 is 5.40. The van der Waals surface area contributed by atoms with Gasteiger partial charge in [0.25, 0.3) is 5.91 Å². The molecule has 0 heterocycles. The maximum Gasteiger partial charge on any atom is 0.258 e. The molecule has 0 saturated heterocycles. The topological polar surface area (TPSA) is 64.3 Å². The molecule has 0 aromatic heterocycles. The minimum absolute atomic E-state index is 0. The molecule has 4 nitrogen and oxygen atoms in total. The minimum atomic E-state index is -0.138. The molecule has 1 aliphatic carbocycles. The van der Waals surface area contributed by atoms with Crippen molar-refractivity contribution >= 4 is 41.5 Å². The van der Waals surface area contributed by atoms with E-state index in [-0.39, 0.29) is 31.0 Å². The molecular formula is C14H19Cl3N2O2. The van der Waals surface area contributed by atoms with Crippen molar-refractivity contribution in [2.75, 3.05) is 13.2 Å². The van der Waals surface area contributed by atoms with E-state index in [0.717, 1.165) is 19.3 Å². The van der Waals surface area contributed by atoms with Crippen molar-refractivity contribution < 1.29 is 9.53 Å². The summed E-state index contributed by atoms with van der Waals surface area (Å²) in [5.41, 5.74) is 5.69. The van der Waals surface area contributed by atoms with Gasteiger partial charge in [0.1, 0.15) is 5.75 Å². The van der Waals surface area contributed by atoms with Gasteiger partial charge in [0.05, 0.1) is 10.0 Å². The van der Waals surface area contributed by atoms with Crippen LogP contribution in [0.25, 0.3) is 0 Å². The largest absolute Gasteiger partial charge is 0.484 e. The lowest BCUT2D eigenvalue weighted by atomic mass is 10.0. The molecule has 1 saturated carbocycles. The first kappa shape index (κ1) is 18.4. The van der Waals surface area contributed by atoms with Gasteiger partial charge in [-0.25, -0.2) is 0 Å². The van der Waals surface area contributed by atoms with Gasteiger partial charge in [-0.05, 0) is 37.4 Å². The second-order valence-corrected chi connectivity index (χ2v) is 5.78. The predicted octanol–water partition coefficient (Wildman–Crippen LogP) is 3.04. The second kappa shape index (κ2) is 8.69. The van der Waals surface area contributed by atoms with Gasteiger partial charge in [-0.2, -0.15) is 0 Å². The monoisotopic (exact) mass is 352 g/mol. The van der Waals surface area contributed by atoms with Crippen molar-refractivity contribution in [3.8, 4) is 5.75 Å². The Morgan fingerprint density at radius 1 is 1.33 bits per heavy atom. The number of carbonyl (C=O) groups excluding carboxylic acids is 1. The van der Waals surface area contributed by atoms with E-state index in [4.69, 9.17) is 33.7 Å². The molecule has 7 heteroatoms. The zero-order chi connectivity index (χ0) is 14.5. The van der Waals surface area contributed by atoms with Gasteiger partial charge in [-0.15, -0.1) is 12.4 Å². The fraction of sp³-hybridized carbons (Fsp3) is 0.500. The van der Waals surface area contributed by atoms with Gasteiger partial charge >= 0.3 is 0 Å². The number of amides is 1. The molecule has 118 valence electrons. The average molecular weight is 354 g/mol. The van der Waals surface area contributed by atoms with Gasteiger partial charge in [0.2, 0.25) is 0 Å². The number of ether oxygens (including phenoxy) is 1. The van der Waals surface area contributed by atoms with Crippen molar-refractivity contribution in [1.82, 2.24) is 5.32 Å². The quantitative estimate of drug-likeness (QED) is 0.855. The normalized spacial score (nSPS) is 20.7. The van der Waals surface area contributed by atoms with Crippen LogP contribution >= 0.6 is 35.6 Å². The summed E-state index contributed by atoms with van der Waals surface area (Å²) in [4.78, 5) is 11.8. The van der Waals surface area contributed by atoms with Gasteiger partial charge < -0.3 is 15.8 Å². The number of hydrogen-bond acceptors (Lipinski definition) is 3. The van der Waals surface area contributed by atoms with E-state index in [2.05, 4.69) is 5.32 Å². The Morgan fingerprint density at radius 2 is 2.10 bits per heavy atom. The van der Waals surface area contributed by atoms with E-state index in [1.54, 1.807) is 18.2 Å². The van der Waals surface area contributed by atoms with Gasteiger partial charge in [-0.1, -0.05) is 29.6 Å². The minimum Gasteiger partial charge on any atom is -0.484 e. The lowest BCUT2D eigenvalue weighted by Gasteiger charge is -2.19. The first-order valence-electron chi connectivity index (χ1n) is 6.67. The van der Waals surface area contributed by atoms with Crippen LogP contribution < -0.4 is 15.8 Å². The fourth-order valence-electron chi connectivity index (χ4n) is 2.47. The average Bonchev–Trinajstić information content (AvgIpc) is 2.87. The Labute approximate surface area is 140 Å². The van der Waals surface area contributed by atoms with Crippen LogP contribution in [0.1, 0.15) is 19.3 Å². The summed E-state index contributed by atoms with van der Waals surface area (Å²) in [6, 6.07) is 5.08. The second-order valence-electron chi connectivity index (χ2n) is 4.97. The van der Waals surface area contributed by atoms with Crippen LogP contribution in [0, 0.1) is 5.92 Å². The van der Waals surface area contributed by atoms with E-state index in [9.17, 15) is 4.79 Å². The molecule has 2 unspecified atom stereocenters. The molecule has 1 aliphatic rings. The maximum atomic E-state index is 11.8. The third-order valence-electron chi connectivity index (χ3n) is 3.57. The van der Waals surface area contributed by atoms with Gasteiger partial charge in [0.15, 0.2) is 6.61 Å². The zero-order valence-corrected chi connectivity index (χ0v) is 13.8. The number of carbonyl (C=O) groups is 1. The number of nitrogens with one attached hydrogen (secondary N) is 1. The van der Waals surface area contributed by atoms with Gasteiger partial charge in [-0.3, -0.25) is 4.79 Å². The summed E-state index contributed by atoms with van der Waals surface area (Å²) in [5, 5.41) is 3.84. The molecule has 21 heavy (non-hydrogen) atoms. The molecule has 1 amide bonds. The van der Waals surface area contributed by atoms with E-state index in [1.807, 2.05) is 0 Å². The lowest BCUT2D eigenvalue weighted by molar-refractivity contribution is -0.124. The van der Waals surface area contributed by atoms with Crippen LogP contribution in [-0.2, 0) is 4.79 Å². The zero-order valence-electron chi connectivity index (χ0n) is 11.5. The van der Waals surface area contributed by atoms with Crippen molar-refractivity contribution in [2.45, 2.75) is 25.3 Å². The highest BCUT2D eigenvalue weighted by Gasteiger charge is 2.27. The first-order valence-corrected chi connectivity index (χ1v) is 7.43. The van der Waals surface area contributed by atoms with Crippen LogP contribution in [0.5, 0.6) is 5.75 Å². The molecule has 0 bridgehead atoms.